The molecule has 1 saturated heterocycles. The number of Topliss-reactive ketones (excluding diaryl/α,β-unsaturated/α-hetero) is 1. The van der Waals surface area contributed by atoms with E-state index < -0.39 is 41.2 Å². The number of nitrogens with one attached hydrogen (secondary N) is 2. The van der Waals surface area contributed by atoms with Crippen molar-refractivity contribution in [1.29, 1.82) is 0 Å². The fraction of sp³-hybridized carbons (Fsp3) is 0.185. The summed E-state index contributed by atoms with van der Waals surface area (Å²) in [4.78, 5) is 49.8. The fourth-order valence-electron chi connectivity index (χ4n) is 4.07. The van der Waals surface area contributed by atoms with E-state index in [0.717, 1.165) is 33.7 Å². The number of amides is 3. The third kappa shape index (κ3) is 5.14. The van der Waals surface area contributed by atoms with Crippen molar-refractivity contribution in [3.8, 4) is 11.1 Å². The number of carbonyl (C=O) groups is 4. The molecule has 3 aromatic carbocycles. The van der Waals surface area contributed by atoms with Crippen LogP contribution in [0.2, 0.25) is 0 Å². The van der Waals surface area contributed by atoms with Crippen LogP contribution >= 0.6 is 0 Å². The predicted molar refractivity (Wildman–Crippen MR) is 130 cm³/mol. The monoisotopic (exact) mass is 491 g/mol. The summed E-state index contributed by atoms with van der Waals surface area (Å²) in [5.41, 5.74) is 2.97. The van der Waals surface area contributed by atoms with Gasteiger partial charge < -0.3 is 15.5 Å². The molecule has 4 rings (SSSR count). The van der Waals surface area contributed by atoms with Crippen molar-refractivity contribution in [2.75, 3.05) is 16.8 Å². The maximum Gasteiger partial charge on any atom is 0.295 e. The third-order valence-corrected chi connectivity index (χ3v) is 5.94. The van der Waals surface area contributed by atoms with Crippen molar-refractivity contribution in [2.45, 2.75) is 19.9 Å². The summed E-state index contributed by atoms with van der Waals surface area (Å²) in [5.74, 6) is -5.90. The largest absolute Gasteiger partial charge is 0.349 e. The van der Waals surface area contributed by atoms with E-state index >= 15 is 0 Å². The standard InChI is InChI=1S/C27H23F2N3O4/c1-15(18-4-3-5-19(12-18)17-6-9-21(10-7-17)31-16(2)33)30-26(35)22-14-32(27(36)25(22)34)24-11-8-20(28)13-23(24)29/h3-13,15,22H,14H2,1-2H3,(H,30,35)(H,31,33)/t15-,22?/m1/s1. The van der Waals surface area contributed by atoms with Gasteiger partial charge >= 0.3 is 0 Å². The fourth-order valence-corrected chi connectivity index (χ4v) is 4.07. The highest BCUT2D eigenvalue weighted by Gasteiger charge is 2.44. The van der Waals surface area contributed by atoms with Gasteiger partial charge in [-0.2, -0.15) is 0 Å². The zero-order valence-electron chi connectivity index (χ0n) is 19.5. The molecule has 36 heavy (non-hydrogen) atoms. The van der Waals surface area contributed by atoms with Gasteiger partial charge in [-0.15, -0.1) is 0 Å². The molecule has 0 aliphatic carbocycles. The van der Waals surface area contributed by atoms with E-state index in [9.17, 15) is 28.0 Å². The van der Waals surface area contributed by atoms with Crippen LogP contribution in [0.15, 0.2) is 66.7 Å². The average Bonchev–Trinajstić information content (AvgIpc) is 3.13. The summed E-state index contributed by atoms with van der Waals surface area (Å²) in [6.07, 6.45) is 0. The molecule has 7 nitrogen and oxygen atoms in total. The van der Waals surface area contributed by atoms with Crippen LogP contribution in [0, 0.1) is 17.6 Å². The Labute approximate surface area is 206 Å². The second-order valence-corrected chi connectivity index (χ2v) is 8.54. The first kappa shape index (κ1) is 24.7. The van der Waals surface area contributed by atoms with E-state index in [1.165, 1.54) is 6.92 Å². The van der Waals surface area contributed by atoms with E-state index in [-0.39, 0.29) is 18.1 Å². The number of nitrogens with zero attached hydrogens (tertiary/aromatic N) is 1. The van der Waals surface area contributed by atoms with Crippen molar-refractivity contribution < 1.29 is 28.0 Å². The summed E-state index contributed by atoms with van der Waals surface area (Å²) >= 11 is 0. The van der Waals surface area contributed by atoms with Crippen LogP contribution in [-0.4, -0.2) is 30.0 Å². The minimum Gasteiger partial charge on any atom is -0.349 e. The number of hydrogen-bond acceptors (Lipinski definition) is 4. The quantitative estimate of drug-likeness (QED) is 0.403. The molecular formula is C27H23F2N3O4. The van der Waals surface area contributed by atoms with E-state index in [0.29, 0.717) is 11.8 Å². The van der Waals surface area contributed by atoms with Gasteiger partial charge in [0.05, 0.1) is 11.7 Å². The molecule has 1 aliphatic heterocycles. The molecule has 0 aromatic heterocycles. The Bertz CT molecular complexity index is 1360. The molecule has 1 aliphatic rings. The molecule has 2 atom stereocenters. The van der Waals surface area contributed by atoms with E-state index in [1.54, 1.807) is 19.1 Å². The molecule has 0 saturated carbocycles. The summed E-state index contributed by atoms with van der Waals surface area (Å²) < 4.78 is 27.4. The molecule has 9 heteroatoms. The Morgan fingerprint density at radius 3 is 2.36 bits per heavy atom. The Kier molecular flexibility index (Phi) is 6.91. The first-order valence-corrected chi connectivity index (χ1v) is 11.2. The number of ketones is 1. The number of anilines is 2. The van der Waals surface area contributed by atoms with Crippen LogP contribution in [0.1, 0.15) is 25.5 Å². The minimum absolute atomic E-state index is 0.164. The first-order chi connectivity index (χ1) is 17.1. The molecule has 184 valence electrons. The lowest BCUT2D eigenvalue weighted by Crippen LogP contribution is -2.37. The Balaban J connectivity index is 1.46. The van der Waals surface area contributed by atoms with Crippen molar-refractivity contribution in [1.82, 2.24) is 5.32 Å². The van der Waals surface area contributed by atoms with E-state index in [2.05, 4.69) is 10.6 Å². The molecule has 1 heterocycles. The third-order valence-electron chi connectivity index (χ3n) is 5.94. The number of hydrogen-bond donors (Lipinski definition) is 2. The second kappa shape index (κ2) is 10.1. The average molecular weight is 491 g/mol. The van der Waals surface area contributed by atoms with E-state index in [1.807, 2.05) is 36.4 Å². The van der Waals surface area contributed by atoms with Gasteiger partial charge in [-0.1, -0.05) is 30.3 Å². The zero-order valence-corrected chi connectivity index (χ0v) is 19.5. The Hall–Kier alpha value is -4.40. The maximum absolute atomic E-state index is 14.2. The highest BCUT2D eigenvalue weighted by molar-refractivity contribution is 6.47. The SMILES string of the molecule is CC(=O)Nc1ccc(-c2cccc([C@@H](C)NC(=O)C3CN(c4ccc(F)cc4F)C(=O)C3=O)c2)cc1. The van der Waals surface area contributed by atoms with Crippen LogP contribution < -0.4 is 15.5 Å². The summed E-state index contributed by atoms with van der Waals surface area (Å²) in [5, 5.41) is 5.46. The smallest absolute Gasteiger partial charge is 0.295 e. The lowest BCUT2D eigenvalue weighted by molar-refractivity contribution is -0.139. The molecule has 1 unspecified atom stereocenters. The number of benzene rings is 3. The van der Waals surface area contributed by atoms with Gasteiger partial charge in [-0.3, -0.25) is 19.2 Å². The van der Waals surface area contributed by atoms with Gasteiger partial charge in [-0.25, -0.2) is 8.78 Å². The molecule has 3 amide bonds. The molecule has 0 spiro atoms. The lowest BCUT2D eigenvalue weighted by Gasteiger charge is -2.19. The van der Waals surface area contributed by atoms with Gasteiger partial charge in [0, 0.05) is 25.2 Å². The Morgan fingerprint density at radius 1 is 0.972 bits per heavy atom. The highest BCUT2D eigenvalue weighted by atomic mass is 19.1. The second-order valence-electron chi connectivity index (χ2n) is 8.54. The van der Waals surface area contributed by atoms with Gasteiger partial charge in [0.1, 0.15) is 17.6 Å². The minimum atomic E-state index is -1.31. The van der Waals surface area contributed by atoms with Crippen molar-refractivity contribution in [2.24, 2.45) is 5.92 Å². The maximum atomic E-state index is 14.2. The van der Waals surface area contributed by atoms with Crippen LogP contribution in [0.5, 0.6) is 0 Å². The van der Waals surface area contributed by atoms with Gasteiger partial charge in [-0.05, 0) is 53.9 Å². The molecular weight excluding hydrogens is 468 g/mol. The normalized spacial score (nSPS) is 16.1. The molecule has 0 radical (unpaired) electrons. The van der Waals surface area contributed by atoms with Crippen LogP contribution in [0.25, 0.3) is 11.1 Å². The van der Waals surface area contributed by atoms with Gasteiger partial charge in [0.15, 0.2) is 0 Å². The number of carbonyl (C=O) groups excluding carboxylic acids is 4. The Morgan fingerprint density at radius 2 is 1.69 bits per heavy atom. The number of rotatable bonds is 6. The van der Waals surface area contributed by atoms with Crippen LogP contribution in [-0.2, 0) is 19.2 Å². The molecule has 1 fully saturated rings. The van der Waals surface area contributed by atoms with Crippen molar-refractivity contribution in [3.05, 3.63) is 83.9 Å². The first-order valence-electron chi connectivity index (χ1n) is 11.2. The van der Waals surface area contributed by atoms with Gasteiger partial charge in [0.2, 0.25) is 17.6 Å². The topological polar surface area (TPSA) is 95.6 Å². The zero-order chi connectivity index (χ0) is 26.0. The lowest BCUT2D eigenvalue weighted by atomic mass is 9.99. The molecule has 3 aromatic rings. The highest BCUT2D eigenvalue weighted by Crippen LogP contribution is 2.28. The van der Waals surface area contributed by atoms with Crippen LogP contribution in [0.3, 0.4) is 0 Å². The van der Waals surface area contributed by atoms with Gasteiger partial charge in [0.25, 0.3) is 5.91 Å². The van der Waals surface area contributed by atoms with E-state index in [4.69, 9.17) is 0 Å². The number of halogens is 2. The summed E-state index contributed by atoms with van der Waals surface area (Å²) in [7, 11) is 0. The summed E-state index contributed by atoms with van der Waals surface area (Å²) in [6, 6.07) is 16.9. The molecule has 2 N–H and O–H groups in total. The van der Waals surface area contributed by atoms with Crippen molar-refractivity contribution >= 4 is 34.9 Å². The summed E-state index contributed by atoms with van der Waals surface area (Å²) in [6.45, 7) is 2.84. The van der Waals surface area contributed by atoms with Crippen molar-refractivity contribution in [3.63, 3.8) is 0 Å². The molecule has 0 bridgehead atoms. The predicted octanol–water partition coefficient (Wildman–Crippen LogP) is 4.00. The van der Waals surface area contributed by atoms with Crippen LogP contribution in [0.4, 0.5) is 20.2 Å².